The molecule has 3 aromatic rings. The van der Waals surface area contributed by atoms with Crippen molar-refractivity contribution in [3.63, 3.8) is 0 Å². The van der Waals surface area contributed by atoms with Gasteiger partial charge in [-0.2, -0.15) is 0 Å². The van der Waals surface area contributed by atoms with E-state index in [2.05, 4.69) is 5.32 Å². The maximum Gasteiger partial charge on any atom is 0.261 e. The normalized spacial score (nSPS) is 11.5. The third-order valence-corrected chi connectivity index (χ3v) is 5.54. The lowest BCUT2D eigenvalue weighted by molar-refractivity contribution is -0.142. The van der Waals surface area contributed by atoms with Gasteiger partial charge in [0.15, 0.2) is 6.61 Å². The summed E-state index contributed by atoms with van der Waals surface area (Å²) < 4.78 is 5.76. The number of benzene rings is 3. The van der Waals surface area contributed by atoms with E-state index >= 15 is 0 Å². The van der Waals surface area contributed by atoms with E-state index in [-0.39, 0.29) is 25.0 Å². The van der Waals surface area contributed by atoms with Crippen LogP contribution in [0.15, 0.2) is 78.9 Å². The van der Waals surface area contributed by atoms with Crippen molar-refractivity contribution < 1.29 is 14.3 Å². The highest BCUT2D eigenvalue weighted by molar-refractivity contribution is 6.31. The summed E-state index contributed by atoms with van der Waals surface area (Å²) in [6.07, 6.45) is 0.376. The Morgan fingerprint density at radius 3 is 2.41 bits per heavy atom. The number of nitrogens with zero attached hydrogens (tertiary/aromatic N) is 1. The molecule has 6 heteroatoms. The highest BCUT2D eigenvalue weighted by atomic mass is 35.5. The number of carbonyl (C=O) groups excluding carboxylic acids is 2. The summed E-state index contributed by atoms with van der Waals surface area (Å²) in [6, 6.07) is 23.7. The fourth-order valence-corrected chi connectivity index (χ4v) is 3.66. The van der Waals surface area contributed by atoms with Crippen LogP contribution in [-0.2, 0) is 22.6 Å². The van der Waals surface area contributed by atoms with Gasteiger partial charge in [0.25, 0.3) is 5.91 Å². The third-order valence-electron chi connectivity index (χ3n) is 5.17. The van der Waals surface area contributed by atoms with E-state index < -0.39 is 6.04 Å². The van der Waals surface area contributed by atoms with Gasteiger partial charge in [-0.25, -0.2) is 0 Å². The largest absolute Gasteiger partial charge is 0.484 e. The molecule has 166 valence electrons. The van der Waals surface area contributed by atoms with Gasteiger partial charge in [-0.05, 0) is 41.8 Å². The molecule has 0 aliphatic carbocycles. The molecule has 1 N–H and O–H groups in total. The number of aryl methyl sites for hydroxylation is 1. The van der Waals surface area contributed by atoms with Crippen LogP contribution < -0.4 is 10.1 Å². The monoisotopic (exact) mass is 450 g/mol. The number of rotatable bonds is 9. The van der Waals surface area contributed by atoms with E-state index in [0.29, 0.717) is 17.2 Å². The molecule has 1 unspecified atom stereocenters. The van der Waals surface area contributed by atoms with Crippen LogP contribution in [0.3, 0.4) is 0 Å². The molecule has 0 aliphatic heterocycles. The summed E-state index contributed by atoms with van der Waals surface area (Å²) in [6.45, 7) is 1.97. The molecule has 3 rings (SSSR count). The molecule has 0 saturated heterocycles. The average molecular weight is 451 g/mol. The summed E-state index contributed by atoms with van der Waals surface area (Å²) in [5, 5.41) is 3.24. The lowest BCUT2D eigenvalue weighted by Gasteiger charge is -2.31. The number of halogens is 1. The minimum absolute atomic E-state index is 0.184. The summed E-state index contributed by atoms with van der Waals surface area (Å²) in [7, 11) is 1.57. The summed E-state index contributed by atoms with van der Waals surface area (Å²) >= 11 is 6.37. The smallest absolute Gasteiger partial charge is 0.261 e. The molecule has 0 fully saturated rings. The van der Waals surface area contributed by atoms with Gasteiger partial charge in [0.1, 0.15) is 11.8 Å². The number of hydrogen-bond acceptors (Lipinski definition) is 3. The highest BCUT2D eigenvalue weighted by Gasteiger charge is 2.30. The Morgan fingerprint density at radius 1 is 1.00 bits per heavy atom. The predicted octanol–water partition coefficient (Wildman–Crippen LogP) is 4.41. The van der Waals surface area contributed by atoms with Crippen LogP contribution in [0, 0.1) is 6.92 Å². The van der Waals surface area contributed by atoms with E-state index in [0.717, 1.165) is 16.7 Å². The number of hydrogen-bond donors (Lipinski definition) is 1. The minimum atomic E-state index is -0.715. The Labute approximate surface area is 194 Å². The van der Waals surface area contributed by atoms with Crippen molar-refractivity contribution in [3.8, 4) is 5.75 Å². The van der Waals surface area contributed by atoms with Crippen LogP contribution in [0.25, 0.3) is 0 Å². The zero-order chi connectivity index (χ0) is 22.9. The Balaban J connectivity index is 1.88. The number of nitrogens with one attached hydrogen (secondary N) is 1. The first kappa shape index (κ1) is 23.4. The lowest BCUT2D eigenvalue weighted by Crippen LogP contribution is -2.51. The number of likely N-dealkylation sites (N-methyl/N-ethyl adjacent to an activating group) is 1. The Kier molecular flexibility index (Phi) is 8.28. The zero-order valence-electron chi connectivity index (χ0n) is 18.3. The molecular formula is C26H27ClN2O3. The van der Waals surface area contributed by atoms with Gasteiger partial charge in [-0.15, -0.1) is 0 Å². The molecule has 0 aromatic heterocycles. The van der Waals surface area contributed by atoms with Crippen molar-refractivity contribution in [2.45, 2.75) is 25.9 Å². The number of ether oxygens (including phenoxy) is 1. The summed E-state index contributed by atoms with van der Waals surface area (Å²) in [5.74, 6) is 0.0661. The predicted molar refractivity (Wildman–Crippen MR) is 127 cm³/mol. The lowest BCUT2D eigenvalue weighted by atomic mass is 10.0. The van der Waals surface area contributed by atoms with Gasteiger partial charge in [0.2, 0.25) is 5.91 Å². The van der Waals surface area contributed by atoms with Crippen LogP contribution in [-0.4, -0.2) is 36.4 Å². The fraction of sp³-hybridized carbons (Fsp3) is 0.231. The van der Waals surface area contributed by atoms with Crippen LogP contribution in [0.2, 0.25) is 5.02 Å². The molecule has 1 atom stereocenters. The van der Waals surface area contributed by atoms with Gasteiger partial charge in [-0.1, -0.05) is 72.3 Å². The van der Waals surface area contributed by atoms with Crippen molar-refractivity contribution in [1.82, 2.24) is 10.2 Å². The van der Waals surface area contributed by atoms with Gasteiger partial charge < -0.3 is 15.0 Å². The SMILES string of the molecule is CNC(=O)C(Cc1ccccc1)N(Cc1ccccc1Cl)C(=O)COc1cccc(C)c1. The van der Waals surface area contributed by atoms with Crippen LogP contribution in [0.5, 0.6) is 5.75 Å². The first-order chi connectivity index (χ1) is 15.5. The Bertz CT molecular complexity index is 1060. The maximum atomic E-state index is 13.3. The van der Waals surface area contributed by atoms with E-state index in [1.54, 1.807) is 24.1 Å². The minimum Gasteiger partial charge on any atom is -0.484 e. The highest BCUT2D eigenvalue weighted by Crippen LogP contribution is 2.21. The van der Waals surface area contributed by atoms with Crippen LogP contribution in [0.4, 0.5) is 0 Å². The van der Waals surface area contributed by atoms with Gasteiger partial charge >= 0.3 is 0 Å². The van der Waals surface area contributed by atoms with Crippen molar-refractivity contribution in [2.24, 2.45) is 0 Å². The summed E-state index contributed by atoms with van der Waals surface area (Å²) in [4.78, 5) is 27.8. The average Bonchev–Trinajstić information content (AvgIpc) is 2.81. The molecule has 0 bridgehead atoms. The Hall–Kier alpha value is -3.31. The second-order valence-corrected chi connectivity index (χ2v) is 7.95. The Morgan fingerprint density at radius 2 is 1.72 bits per heavy atom. The van der Waals surface area contributed by atoms with Crippen LogP contribution in [0.1, 0.15) is 16.7 Å². The molecule has 5 nitrogen and oxygen atoms in total. The van der Waals surface area contributed by atoms with E-state index in [4.69, 9.17) is 16.3 Å². The molecule has 2 amide bonds. The van der Waals surface area contributed by atoms with E-state index in [1.165, 1.54) is 0 Å². The van der Waals surface area contributed by atoms with Gasteiger partial charge in [0.05, 0.1) is 0 Å². The van der Waals surface area contributed by atoms with Crippen LogP contribution >= 0.6 is 11.6 Å². The molecule has 0 radical (unpaired) electrons. The fourth-order valence-electron chi connectivity index (χ4n) is 3.46. The first-order valence-corrected chi connectivity index (χ1v) is 10.8. The molecular weight excluding hydrogens is 424 g/mol. The molecule has 0 heterocycles. The van der Waals surface area contributed by atoms with Crippen molar-refractivity contribution in [3.05, 3.63) is 101 Å². The second kappa shape index (κ2) is 11.3. The van der Waals surface area contributed by atoms with Gasteiger partial charge in [-0.3, -0.25) is 9.59 Å². The quantitative estimate of drug-likeness (QED) is 0.525. The molecule has 32 heavy (non-hydrogen) atoms. The third kappa shape index (κ3) is 6.34. The second-order valence-electron chi connectivity index (χ2n) is 7.54. The zero-order valence-corrected chi connectivity index (χ0v) is 19.0. The summed E-state index contributed by atoms with van der Waals surface area (Å²) in [5.41, 5.74) is 2.76. The van der Waals surface area contributed by atoms with E-state index in [9.17, 15) is 9.59 Å². The van der Waals surface area contributed by atoms with Gasteiger partial charge in [0, 0.05) is 25.0 Å². The van der Waals surface area contributed by atoms with E-state index in [1.807, 2.05) is 73.7 Å². The first-order valence-electron chi connectivity index (χ1n) is 10.5. The van der Waals surface area contributed by atoms with Crippen molar-refractivity contribution >= 4 is 23.4 Å². The topological polar surface area (TPSA) is 58.6 Å². The standard InChI is InChI=1S/C26H27ClN2O3/c1-19-9-8-13-22(15-19)32-18-25(30)29(17-21-12-6-7-14-23(21)27)24(26(31)28-2)16-20-10-4-3-5-11-20/h3-15,24H,16-18H2,1-2H3,(H,28,31). The van der Waals surface area contributed by atoms with Crippen molar-refractivity contribution in [2.75, 3.05) is 13.7 Å². The number of carbonyl (C=O) groups is 2. The van der Waals surface area contributed by atoms with Crippen molar-refractivity contribution in [1.29, 1.82) is 0 Å². The molecule has 0 aliphatic rings. The molecule has 3 aromatic carbocycles. The molecule has 0 saturated carbocycles. The number of amides is 2. The molecule has 0 spiro atoms. The maximum absolute atomic E-state index is 13.3.